The number of aryl methyl sites for hydroxylation is 2. The molecule has 0 saturated carbocycles. The van der Waals surface area contributed by atoms with Crippen LogP contribution in [0.3, 0.4) is 0 Å². The summed E-state index contributed by atoms with van der Waals surface area (Å²) in [4.78, 5) is 17.5. The quantitative estimate of drug-likeness (QED) is 0.396. The maximum absolute atomic E-state index is 12.4. The molecule has 0 fully saturated rings. The first kappa shape index (κ1) is 21.9. The van der Waals surface area contributed by atoms with E-state index in [9.17, 15) is 13.6 Å². The van der Waals surface area contributed by atoms with Crippen molar-refractivity contribution >= 4 is 17.4 Å². The van der Waals surface area contributed by atoms with Gasteiger partial charge < -0.3 is 25.4 Å². The predicted molar refractivity (Wildman–Crippen MR) is 105 cm³/mol. The Labute approximate surface area is 167 Å². The molecule has 0 heterocycles. The summed E-state index contributed by atoms with van der Waals surface area (Å²) in [7, 11) is 1.31. The number of alkyl halides is 2. The lowest BCUT2D eigenvalue weighted by atomic mass is 10.1. The molecule has 9 heteroatoms. The molecule has 1 unspecified atom stereocenters. The van der Waals surface area contributed by atoms with Crippen molar-refractivity contribution in [2.45, 2.75) is 33.5 Å². The number of hydrogen-bond acceptors (Lipinski definition) is 5. The van der Waals surface area contributed by atoms with Gasteiger partial charge in [-0.05, 0) is 56.2 Å². The fourth-order valence-corrected chi connectivity index (χ4v) is 2.36. The van der Waals surface area contributed by atoms with Gasteiger partial charge in [0, 0.05) is 11.3 Å². The largest absolute Gasteiger partial charge is 0.493 e. The Bertz CT molecular complexity index is 903. The van der Waals surface area contributed by atoms with E-state index in [1.165, 1.54) is 32.2 Å². The molecule has 2 aromatic carbocycles. The average Bonchev–Trinajstić information content (AvgIpc) is 2.68. The zero-order valence-corrected chi connectivity index (χ0v) is 16.5. The van der Waals surface area contributed by atoms with Crippen molar-refractivity contribution in [2.24, 2.45) is 10.9 Å². The van der Waals surface area contributed by atoms with Gasteiger partial charge in [0.05, 0.1) is 7.11 Å². The Morgan fingerprint density at radius 2 is 1.86 bits per heavy atom. The summed E-state index contributed by atoms with van der Waals surface area (Å²) < 4.78 is 34.2. The number of oxime groups is 1. The van der Waals surface area contributed by atoms with Crippen molar-refractivity contribution < 1.29 is 27.9 Å². The monoisotopic (exact) mass is 407 g/mol. The highest BCUT2D eigenvalue weighted by Gasteiger charge is 2.17. The lowest BCUT2D eigenvalue weighted by Crippen LogP contribution is -2.27. The van der Waals surface area contributed by atoms with Crippen LogP contribution in [0.1, 0.15) is 23.6 Å². The third-order valence-electron chi connectivity index (χ3n) is 4.00. The molecule has 0 saturated heterocycles. The van der Waals surface area contributed by atoms with Gasteiger partial charge in [0.25, 0.3) is 5.91 Å². The molecule has 0 aliphatic rings. The Balaban J connectivity index is 2.06. The van der Waals surface area contributed by atoms with Gasteiger partial charge in [-0.15, -0.1) is 0 Å². The minimum absolute atomic E-state index is 0.0571. The number of carbonyl (C=O) groups excluding carboxylic acids is 1. The number of ether oxygens (including phenoxy) is 2. The standard InChI is InChI=1S/C20H23F2N3O4/c1-11-5-6-12(2)15(9-11)24-19(26)13(3)29-25-18(23)14-7-8-16(28-20(21)22)17(10-14)27-4/h5-10,13,20H,1-4H3,(H2,23,25)(H,24,26). The Morgan fingerprint density at radius 3 is 2.52 bits per heavy atom. The third kappa shape index (κ3) is 6.06. The molecule has 29 heavy (non-hydrogen) atoms. The van der Waals surface area contributed by atoms with Crippen LogP contribution >= 0.6 is 0 Å². The molecule has 2 aromatic rings. The van der Waals surface area contributed by atoms with Gasteiger partial charge in [-0.2, -0.15) is 8.78 Å². The molecule has 2 rings (SSSR count). The SMILES string of the molecule is COc1cc(/C(N)=N/OC(C)C(=O)Nc2cc(C)ccc2C)ccc1OC(F)F. The lowest BCUT2D eigenvalue weighted by molar-refractivity contribution is -0.126. The predicted octanol–water partition coefficient (Wildman–Crippen LogP) is 3.58. The van der Waals surface area contributed by atoms with Crippen LogP contribution in [0, 0.1) is 13.8 Å². The topological polar surface area (TPSA) is 95.2 Å². The van der Waals surface area contributed by atoms with E-state index in [0.717, 1.165) is 11.1 Å². The molecule has 0 radical (unpaired) electrons. The number of benzene rings is 2. The van der Waals surface area contributed by atoms with Crippen molar-refractivity contribution in [3.8, 4) is 11.5 Å². The van der Waals surface area contributed by atoms with Crippen LogP contribution in [0.25, 0.3) is 0 Å². The number of halogens is 2. The smallest absolute Gasteiger partial charge is 0.387 e. The number of rotatable bonds is 8. The Hall–Kier alpha value is -3.36. The van der Waals surface area contributed by atoms with E-state index in [2.05, 4.69) is 15.2 Å². The summed E-state index contributed by atoms with van der Waals surface area (Å²) in [6, 6.07) is 9.78. The van der Waals surface area contributed by atoms with Gasteiger partial charge in [-0.1, -0.05) is 17.3 Å². The number of carbonyl (C=O) groups is 1. The van der Waals surface area contributed by atoms with E-state index in [1.54, 1.807) is 0 Å². The number of nitrogens with two attached hydrogens (primary N) is 1. The number of nitrogens with one attached hydrogen (secondary N) is 1. The van der Waals surface area contributed by atoms with E-state index in [1.807, 2.05) is 32.0 Å². The molecule has 0 bridgehead atoms. The van der Waals surface area contributed by atoms with Crippen LogP contribution in [0.15, 0.2) is 41.6 Å². The molecule has 156 valence electrons. The van der Waals surface area contributed by atoms with E-state index in [-0.39, 0.29) is 17.3 Å². The number of hydrogen-bond donors (Lipinski definition) is 2. The van der Waals surface area contributed by atoms with E-state index >= 15 is 0 Å². The molecular formula is C20H23F2N3O4. The van der Waals surface area contributed by atoms with E-state index < -0.39 is 18.6 Å². The summed E-state index contributed by atoms with van der Waals surface area (Å²) in [6.07, 6.45) is -0.920. The first-order chi connectivity index (χ1) is 13.7. The zero-order valence-electron chi connectivity index (χ0n) is 16.5. The molecule has 0 aliphatic heterocycles. The highest BCUT2D eigenvalue weighted by Crippen LogP contribution is 2.29. The van der Waals surface area contributed by atoms with Crippen LogP contribution in [0.5, 0.6) is 11.5 Å². The number of anilines is 1. The van der Waals surface area contributed by atoms with Crippen LogP contribution in [-0.4, -0.2) is 31.6 Å². The van der Waals surface area contributed by atoms with Crippen LogP contribution in [-0.2, 0) is 9.63 Å². The number of amidine groups is 1. The summed E-state index contributed by atoms with van der Waals surface area (Å²) in [5.41, 5.74) is 8.82. The van der Waals surface area contributed by atoms with Gasteiger partial charge in [0.2, 0.25) is 6.10 Å². The van der Waals surface area contributed by atoms with E-state index in [0.29, 0.717) is 11.3 Å². The summed E-state index contributed by atoms with van der Waals surface area (Å²) in [6.45, 7) is 2.34. The fourth-order valence-electron chi connectivity index (χ4n) is 2.36. The molecule has 3 N–H and O–H groups in total. The molecule has 0 aliphatic carbocycles. The van der Waals surface area contributed by atoms with Crippen molar-refractivity contribution in [1.82, 2.24) is 0 Å². The van der Waals surface area contributed by atoms with Crippen LogP contribution < -0.4 is 20.5 Å². The van der Waals surface area contributed by atoms with Crippen molar-refractivity contribution in [2.75, 3.05) is 12.4 Å². The highest BCUT2D eigenvalue weighted by atomic mass is 19.3. The summed E-state index contributed by atoms with van der Waals surface area (Å²) in [5, 5.41) is 6.53. The fraction of sp³-hybridized carbons (Fsp3) is 0.300. The molecular weight excluding hydrogens is 384 g/mol. The number of amides is 1. The molecule has 0 aromatic heterocycles. The minimum atomic E-state index is -2.99. The van der Waals surface area contributed by atoms with Crippen molar-refractivity contribution in [1.29, 1.82) is 0 Å². The molecule has 1 amide bonds. The number of nitrogens with zero attached hydrogens (tertiary/aromatic N) is 1. The molecule has 0 spiro atoms. The Kier molecular flexibility index (Phi) is 7.35. The molecule has 7 nitrogen and oxygen atoms in total. The van der Waals surface area contributed by atoms with E-state index in [4.69, 9.17) is 15.3 Å². The first-order valence-corrected chi connectivity index (χ1v) is 8.72. The van der Waals surface area contributed by atoms with Crippen molar-refractivity contribution in [3.63, 3.8) is 0 Å². The average molecular weight is 407 g/mol. The highest BCUT2D eigenvalue weighted by molar-refractivity contribution is 5.98. The second-order valence-corrected chi connectivity index (χ2v) is 6.28. The van der Waals surface area contributed by atoms with Gasteiger partial charge in [0.1, 0.15) is 0 Å². The minimum Gasteiger partial charge on any atom is -0.493 e. The summed E-state index contributed by atoms with van der Waals surface area (Å²) in [5.74, 6) is -0.533. The summed E-state index contributed by atoms with van der Waals surface area (Å²) >= 11 is 0. The van der Waals surface area contributed by atoms with Crippen LogP contribution in [0.2, 0.25) is 0 Å². The Morgan fingerprint density at radius 1 is 1.14 bits per heavy atom. The number of methoxy groups -OCH3 is 1. The van der Waals surface area contributed by atoms with Crippen LogP contribution in [0.4, 0.5) is 14.5 Å². The first-order valence-electron chi connectivity index (χ1n) is 8.72. The van der Waals surface area contributed by atoms with Crippen molar-refractivity contribution in [3.05, 3.63) is 53.1 Å². The van der Waals surface area contributed by atoms with Gasteiger partial charge in [-0.3, -0.25) is 4.79 Å². The zero-order chi connectivity index (χ0) is 21.6. The van der Waals surface area contributed by atoms with Gasteiger partial charge in [0.15, 0.2) is 17.3 Å². The second kappa shape index (κ2) is 9.72. The molecule has 1 atom stereocenters. The van der Waals surface area contributed by atoms with Gasteiger partial charge in [-0.25, -0.2) is 0 Å². The third-order valence-corrected chi connectivity index (χ3v) is 4.00. The normalized spacial score (nSPS) is 12.4. The van der Waals surface area contributed by atoms with Gasteiger partial charge >= 0.3 is 6.61 Å². The maximum atomic E-state index is 12.4. The second-order valence-electron chi connectivity index (χ2n) is 6.28. The lowest BCUT2D eigenvalue weighted by Gasteiger charge is -2.14. The maximum Gasteiger partial charge on any atom is 0.387 e.